The first kappa shape index (κ1) is 15.6. The number of alkyl halides is 1. The van der Waals surface area contributed by atoms with E-state index in [0.29, 0.717) is 0 Å². The number of quaternary nitrogens is 1. The Balaban J connectivity index is -0.0000000800. The molecule has 0 aliphatic rings. The normalized spacial score (nSPS) is 5.29. The van der Waals surface area contributed by atoms with Crippen LogP contribution in [0.3, 0.4) is 0 Å². The van der Waals surface area contributed by atoms with Gasteiger partial charge in [-0.3, -0.25) is 0 Å². The third-order valence-electron chi connectivity index (χ3n) is 0.109. The summed E-state index contributed by atoms with van der Waals surface area (Å²) in [6, 6.07) is 0. The molecule has 0 aromatic carbocycles. The van der Waals surface area contributed by atoms with E-state index in [0.717, 1.165) is 0 Å². The Morgan fingerprint density at radius 2 is 1.86 bits per heavy atom. The van der Waals surface area contributed by atoms with Crippen molar-refractivity contribution in [2.75, 3.05) is 5.88 Å². The zero-order valence-corrected chi connectivity index (χ0v) is 7.16. The minimum absolute atomic E-state index is 0. The summed E-state index contributed by atoms with van der Waals surface area (Å²) in [6.45, 7) is 0. The summed E-state index contributed by atoms with van der Waals surface area (Å²) in [5.74, 6) is -1.65. The second kappa shape index (κ2) is 9.87. The molecule has 1 radical (unpaired) electrons. The molecule has 5 heteroatoms. The summed E-state index contributed by atoms with van der Waals surface area (Å²) >= 11 is 4.67. The molecule has 0 saturated carbocycles. The molecular weight excluding hydrogens is 128 g/mol. The Morgan fingerprint density at radius 3 is 1.86 bits per heavy atom. The van der Waals surface area contributed by atoms with E-state index >= 15 is 0 Å². The largest absolute Gasteiger partial charge is 0.549 e. The molecule has 0 aliphatic carbocycles. The number of hydrogen-bond acceptors (Lipinski definition) is 2. The van der Waals surface area contributed by atoms with Crippen molar-refractivity contribution >= 4 is 47.1 Å². The maximum absolute atomic E-state index is 9.12. The standard InChI is InChI=1S/C2H3ClO2.H3N.Na/c3-1-2(4)5;;/h1H2,(H,4,5);1H3;. The van der Waals surface area contributed by atoms with Gasteiger partial charge in [-0.25, -0.2) is 0 Å². The Hall–Kier alpha value is 0.720. The average Bonchev–Trinajstić information content (AvgIpc) is 1.38. The van der Waals surface area contributed by atoms with E-state index in [9.17, 15) is 0 Å². The van der Waals surface area contributed by atoms with Crippen molar-refractivity contribution in [3.8, 4) is 0 Å². The first-order valence-electron chi connectivity index (χ1n) is 1.03. The van der Waals surface area contributed by atoms with Crippen LogP contribution in [0.4, 0.5) is 0 Å². The minimum atomic E-state index is -1.23. The molecule has 0 heterocycles. The van der Waals surface area contributed by atoms with Crippen molar-refractivity contribution < 1.29 is 9.90 Å². The summed E-state index contributed by atoms with van der Waals surface area (Å²) in [4.78, 5) is 9.12. The van der Waals surface area contributed by atoms with Gasteiger partial charge in [0, 0.05) is 29.6 Å². The van der Waals surface area contributed by atoms with Gasteiger partial charge in [0.15, 0.2) is 0 Å². The van der Waals surface area contributed by atoms with Crippen LogP contribution in [-0.2, 0) is 4.79 Å². The fourth-order valence-corrected chi connectivity index (χ4v) is 0. The van der Waals surface area contributed by atoms with Gasteiger partial charge in [0.2, 0.25) is 0 Å². The topological polar surface area (TPSA) is 76.6 Å². The van der Waals surface area contributed by atoms with Crippen LogP contribution in [0.5, 0.6) is 0 Å². The van der Waals surface area contributed by atoms with Crippen molar-refractivity contribution in [1.29, 1.82) is 0 Å². The predicted octanol–water partition coefficient (Wildman–Crippen LogP) is -1.03. The molecule has 0 fully saturated rings. The molecule has 39 valence electrons. The molecule has 0 aromatic heterocycles. The van der Waals surface area contributed by atoms with Gasteiger partial charge < -0.3 is 16.1 Å². The summed E-state index contributed by atoms with van der Waals surface area (Å²) in [7, 11) is 0. The Bertz CT molecular complexity index is 51.0. The van der Waals surface area contributed by atoms with Crippen LogP contribution in [0.15, 0.2) is 0 Å². The van der Waals surface area contributed by atoms with E-state index in [1.54, 1.807) is 0 Å². The van der Waals surface area contributed by atoms with Crippen molar-refractivity contribution in [1.82, 2.24) is 6.15 Å². The second-order valence-corrected chi connectivity index (χ2v) is 0.773. The van der Waals surface area contributed by atoms with Crippen molar-refractivity contribution in [3.05, 3.63) is 0 Å². The van der Waals surface area contributed by atoms with Crippen LogP contribution in [0.2, 0.25) is 0 Å². The molecule has 7 heavy (non-hydrogen) atoms. The van der Waals surface area contributed by atoms with Gasteiger partial charge in [0.1, 0.15) is 0 Å². The molecule has 0 bridgehead atoms. The van der Waals surface area contributed by atoms with Gasteiger partial charge in [-0.2, -0.15) is 0 Å². The fourth-order valence-electron chi connectivity index (χ4n) is 0. The Labute approximate surface area is 68.9 Å². The van der Waals surface area contributed by atoms with Crippen LogP contribution in [0, 0.1) is 0 Å². The first-order chi connectivity index (χ1) is 2.27. The van der Waals surface area contributed by atoms with Gasteiger partial charge in [-0.05, 0) is 0 Å². The number of carboxylic acids is 1. The summed E-state index contributed by atoms with van der Waals surface area (Å²) < 4.78 is 0. The quantitative estimate of drug-likeness (QED) is 0.368. The number of carboxylic acid groups (broad SMARTS) is 1. The number of hydrogen-bond donors (Lipinski definition) is 1. The number of carbonyl (C=O) groups is 1. The number of halogens is 1. The molecule has 0 rings (SSSR count). The maximum atomic E-state index is 9.12. The molecule has 0 amide bonds. The second-order valence-electron chi connectivity index (χ2n) is 0.506. The van der Waals surface area contributed by atoms with Gasteiger partial charge >= 0.3 is 0 Å². The third kappa shape index (κ3) is 20.2. The van der Waals surface area contributed by atoms with Crippen LogP contribution in [0.1, 0.15) is 0 Å². The van der Waals surface area contributed by atoms with Gasteiger partial charge in [0.25, 0.3) is 0 Å². The summed E-state index contributed by atoms with van der Waals surface area (Å²) in [5, 5.41) is 9.12. The fraction of sp³-hybridized carbons (Fsp3) is 0.500. The van der Waals surface area contributed by atoms with Crippen LogP contribution in [-0.4, -0.2) is 41.4 Å². The van der Waals surface area contributed by atoms with Crippen LogP contribution >= 0.6 is 11.6 Å². The predicted molar refractivity (Wildman–Crippen MR) is 27.5 cm³/mol. The molecular formula is C2H6ClNNaO2. The SMILES string of the molecule is O=C([O-])CCl.[NH4+].[Na]. The Morgan fingerprint density at radius 1 is 1.71 bits per heavy atom. The monoisotopic (exact) mass is 134 g/mol. The molecule has 0 saturated heterocycles. The molecule has 0 aromatic rings. The maximum Gasteiger partial charge on any atom is 0.0620 e. The number of carbonyl (C=O) groups excluding carboxylic acids is 1. The number of aliphatic carboxylic acids is 1. The van der Waals surface area contributed by atoms with E-state index < -0.39 is 11.8 Å². The van der Waals surface area contributed by atoms with Crippen molar-refractivity contribution in [3.63, 3.8) is 0 Å². The van der Waals surface area contributed by atoms with Gasteiger partial charge in [-0.15, -0.1) is 11.6 Å². The van der Waals surface area contributed by atoms with E-state index in [-0.39, 0.29) is 35.7 Å². The van der Waals surface area contributed by atoms with E-state index in [2.05, 4.69) is 11.6 Å². The van der Waals surface area contributed by atoms with Crippen molar-refractivity contribution in [2.24, 2.45) is 0 Å². The van der Waals surface area contributed by atoms with E-state index in [1.807, 2.05) is 0 Å². The zero-order chi connectivity index (χ0) is 4.28. The van der Waals surface area contributed by atoms with Crippen molar-refractivity contribution in [2.45, 2.75) is 0 Å². The van der Waals surface area contributed by atoms with Crippen LogP contribution in [0.25, 0.3) is 0 Å². The van der Waals surface area contributed by atoms with E-state index in [4.69, 9.17) is 9.90 Å². The first-order valence-corrected chi connectivity index (χ1v) is 1.56. The minimum Gasteiger partial charge on any atom is -0.549 e. The van der Waals surface area contributed by atoms with Crippen LogP contribution < -0.4 is 11.3 Å². The van der Waals surface area contributed by atoms with E-state index in [1.165, 1.54) is 0 Å². The third-order valence-corrected chi connectivity index (χ3v) is 0.327. The number of rotatable bonds is 1. The molecule has 4 N–H and O–H groups in total. The molecule has 0 aliphatic heterocycles. The molecule has 0 atom stereocenters. The average molecular weight is 135 g/mol. The summed E-state index contributed by atoms with van der Waals surface area (Å²) in [6.07, 6.45) is 0. The Kier molecular flexibility index (Phi) is 22.1. The summed E-state index contributed by atoms with van der Waals surface area (Å²) in [5.41, 5.74) is 0. The molecule has 0 unspecified atom stereocenters. The molecule has 0 spiro atoms. The van der Waals surface area contributed by atoms with Gasteiger partial charge in [0.05, 0.1) is 11.8 Å². The zero-order valence-electron chi connectivity index (χ0n) is 4.40. The smallest absolute Gasteiger partial charge is 0.0620 e. The molecule has 3 nitrogen and oxygen atoms in total. The van der Waals surface area contributed by atoms with Gasteiger partial charge in [-0.1, -0.05) is 0 Å².